The summed E-state index contributed by atoms with van der Waals surface area (Å²) in [7, 11) is 0. The van der Waals surface area contributed by atoms with Crippen LogP contribution < -0.4 is 0 Å². The van der Waals surface area contributed by atoms with Gasteiger partial charge in [0.2, 0.25) is 0 Å². The zero-order valence-corrected chi connectivity index (χ0v) is 7.83. The van der Waals surface area contributed by atoms with Crippen molar-refractivity contribution in [1.82, 2.24) is 0 Å². The zero-order valence-electron chi connectivity index (χ0n) is 7.83. The zero-order chi connectivity index (χ0) is 10.6. The monoisotopic (exact) mass is 191 g/mol. The Morgan fingerprint density at radius 2 is 2.36 bits per heavy atom. The molecule has 3 heteroatoms. The molecule has 0 spiro atoms. The first-order valence-electron chi connectivity index (χ1n) is 4.32. The third-order valence-corrected chi connectivity index (χ3v) is 1.86. The molecule has 0 aliphatic rings. The predicted molar refractivity (Wildman–Crippen MR) is 50.1 cm³/mol. The smallest absolute Gasteiger partial charge is 0.164 e. The number of hydrogen-bond acceptors (Lipinski definition) is 2. The van der Waals surface area contributed by atoms with Gasteiger partial charge in [-0.2, -0.15) is 5.26 Å². The highest BCUT2D eigenvalue weighted by Gasteiger charge is 2.10. The van der Waals surface area contributed by atoms with E-state index >= 15 is 0 Å². The lowest BCUT2D eigenvalue weighted by atomic mass is 10.0. The van der Waals surface area contributed by atoms with Crippen LogP contribution in [0.3, 0.4) is 0 Å². The molecule has 0 heterocycles. The fourth-order valence-electron chi connectivity index (χ4n) is 1.10. The Labute approximate surface area is 82.0 Å². The van der Waals surface area contributed by atoms with Crippen LogP contribution in [0.25, 0.3) is 0 Å². The molecule has 0 amide bonds. The highest BCUT2D eigenvalue weighted by Crippen LogP contribution is 2.10. The van der Waals surface area contributed by atoms with Crippen LogP contribution in [0, 0.1) is 23.1 Å². The minimum absolute atomic E-state index is 0.139. The van der Waals surface area contributed by atoms with Crippen molar-refractivity contribution in [3.63, 3.8) is 0 Å². The van der Waals surface area contributed by atoms with Crippen LogP contribution in [0.15, 0.2) is 24.3 Å². The van der Waals surface area contributed by atoms with E-state index in [-0.39, 0.29) is 18.1 Å². The third kappa shape index (κ3) is 2.67. The maximum atomic E-state index is 12.7. The molecule has 72 valence electrons. The maximum Gasteiger partial charge on any atom is 0.164 e. The number of carbonyl (C=O) groups excluding carboxylic acids is 1. The number of nitrogens with zero attached hydrogens (tertiary/aromatic N) is 1. The van der Waals surface area contributed by atoms with Gasteiger partial charge in [0, 0.05) is 12.0 Å². The van der Waals surface area contributed by atoms with Gasteiger partial charge < -0.3 is 0 Å². The lowest BCUT2D eigenvalue weighted by Gasteiger charge is -2.01. The molecule has 0 unspecified atom stereocenters. The summed E-state index contributed by atoms with van der Waals surface area (Å²) in [5.74, 6) is -0.954. The molecule has 1 rings (SSSR count). The number of nitriles is 1. The molecule has 0 radical (unpaired) electrons. The number of halogens is 1. The lowest BCUT2D eigenvalue weighted by molar-refractivity contribution is 0.0972. The first-order chi connectivity index (χ1) is 6.63. The normalized spacial score (nSPS) is 11.8. The van der Waals surface area contributed by atoms with Crippen LogP contribution >= 0.6 is 0 Å². The minimum Gasteiger partial charge on any atom is -0.294 e. The average Bonchev–Trinajstić information content (AvgIpc) is 2.17. The van der Waals surface area contributed by atoms with E-state index < -0.39 is 5.82 Å². The summed E-state index contributed by atoms with van der Waals surface area (Å²) < 4.78 is 12.7. The summed E-state index contributed by atoms with van der Waals surface area (Å²) in [4.78, 5) is 11.4. The molecule has 1 aromatic rings. The van der Waals surface area contributed by atoms with E-state index in [0.29, 0.717) is 5.56 Å². The molecule has 0 bridgehead atoms. The molecule has 0 N–H and O–H groups in total. The Hall–Kier alpha value is -1.69. The van der Waals surface area contributed by atoms with Gasteiger partial charge in [-0.3, -0.25) is 4.79 Å². The van der Waals surface area contributed by atoms with Crippen molar-refractivity contribution in [2.24, 2.45) is 5.92 Å². The third-order valence-electron chi connectivity index (χ3n) is 1.86. The van der Waals surface area contributed by atoms with Gasteiger partial charge in [-0.1, -0.05) is 12.1 Å². The molecule has 2 nitrogen and oxygen atoms in total. The second kappa shape index (κ2) is 4.52. The molecular formula is C11H10FNO. The Kier molecular flexibility index (Phi) is 3.35. The van der Waals surface area contributed by atoms with Gasteiger partial charge in [0.1, 0.15) is 5.82 Å². The van der Waals surface area contributed by atoms with E-state index in [2.05, 4.69) is 0 Å². The summed E-state index contributed by atoms with van der Waals surface area (Å²) in [6.45, 7) is 1.66. The van der Waals surface area contributed by atoms with Gasteiger partial charge in [0.15, 0.2) is 5.78 Å². The summed E-state index contributed by atoms with van der Waals surface area (Å²) in [5, 5.41) is 8.51. The fourth-order valence-corrected chi connectivity index (χ4v) is 1.10. The van der Waals surface area contributed by atoms with Crippen LogP contribution in [0.4, 0.5) is 4.39 Å². The number of Topliss-reactive ketones (excluding diaryl/α,β-unsaturated/α-hetero) is 1. The molecule has 1 aromatic carbocycles. The summed E-state index contributed by atoms with van der Waals surface area (Å²) in [6, 6.07) is 7.47. The lowest BCUT2D eigenvalue weighted by Crippen LogP contribution is -2.04. The van der Waals surface area contributed by atoms with E-state index in [0.717, 1.165) is 0 Å². The topological polar surface area (TPSA) is 40.9 Å². The second-order valence-electron chi connectivity index (χ2n) is 3.17. The largest absolute Gasteiger partial charge is 0.294 e. The van der Waals surface area contributed by atoms with Crippen molar-refractivity contribution in [1.29, 1.82) is 5.26 Å². The minimum atomic E-state index is -0.430. The summed E-state index contributed by atoms with van der Waals surface area (Å²) in [6.07, 6.45) is 0.139. The van der Waals surface area contributed by atoms with Crippen molar-refractivity contribution < 1.29 is 9.18 Å². The first-order valence-corrected chi connectivity index (χ1v) is 4.32. The Morgan fingerprint density at radius 3 is 2.93 bits per heavy atom. The molecule has 14 heavy (non-hydrogen) atoms. The highest BCUT2D eigenvalue weighted by atomic mass is 19.1. The first kappa shape index (κ1) is 10.4. The number of benzene rings is 1. The van der Waals surface area contributed by atoms with Crippen molar-refractivity contribution in [2.75, 3.05) is 0 Å². The van der Waals surface area contributed by atoms with Gasteiger partial charge >= 0.3 is 0 Å². The van der Waals surface area contributed by atoms with E-state index in [9.17, 15) is 9.18 Å². The van der Waals surface area contributed by atoms with Crippen LogP contribution in [0.1, 0.15) is 23.7 Å². The number of rotatable bonds is 3. The van der Waals surface area contributed by atoms with Crippen LogP contribution in [-0.4, -0.2) is 5.78 Å². The van der Waals surface area contributed by atoms with Crippen molar-refractivity contribution in [3.8, 4) is 6.07 Å². The molecule has 1 atom stereocenters. The predicted octanol–water partition coefficient (Wildman–Crippen LogP) is 2.56. The Morgan fingerprint density at radius 1 is 1.64 bits per heavy atom. The Bertz CT molecular complexity index is 381. The van der Waals surface area contributed by atoms with E-state index in [1.807, 2.05) is 6.07 Å². The van der Waals surface area contributed by atoms with Crippen molar-refractivity contribution in [2.45, 2.75) is 13.3 Å². The van der Waals surface area contributed by atoms with Gasteiger partial charge in [0.05, 0.1) is 12.0 Å². The number of ketones is 1. The molecule has 0 aliphatic heterocycles. The van der Waals surface area contributed by atoms with Gasteiger partial charge in [-0.25, -0.2) is 4.39 Å². The summed E-state index contributed by atoms with van der Waals surface area (Å²) in [5.41, 5.74) is 0.326. The molecule has 0 saturated heterocycles. The number of hydrogen-bond donors (Lipinski definition) is 0. The van der Waals surface area contributed by atoms with Crippen LogP contribution in [0.5, 0.6) is 0 Å². The number of carbonyl (C=O) groups is 1. The SMILES string of the molecule is C[C@H](C#N)CC(=O)c1cccc(F)c1. The quantitative estimate of drug-likeness (QED) is 0.689. The van der Waals surface area contributed by atoms with Crippen molar-refractivity contribution >= 4 is 5.78 Å². The molecule has 0 fully saturated rings. The average molecular weight is 191 g/mol. The van der Waals surface area contributed by atoms with Crippen molar-refractivity contribution in [3.05, 3.63) is 35.6 Å². The fraction of sp³-hybridized carbons (Fsp3) is 0.273. The maximum absolute atomic E-state index is 12.7. The highest BCUT2D eigenvalue weighted by molar-refractivity contribution is 5.96. The van der Waals surface area contributed by atoms with E-state index in [4.69, 9.17) is 5.26 Å². The molecule has 0 aliphatic carbocycles. The molecule has 0 saturated carbocycles. The van der Waals surface area contributed by atoms with E-state index in [1.54, 1.807) is 13.0 Å². The Balaban J connectivity index is 2.76. The van der Waals surface area contributed by atoms with Gasteiger partial charge in [-0.15, -0.1) is 0 Å². The second-order valence-corrected chi connectivity index (χ2v) is 3.17. The van der Waals surface area contributed by atoms with E-state index in [1.165, 1.54) is 18.2 Å². The summed E-state index contributed by atoms with van der Waals surface area (Å²) >= 11 is 0. The molecular weight excluding hydrogens is 181 g/mol. The van der Waals surface area contributed by atoms with Gasteiger partial charge in [0.25, 0.3) is 0 Å². The van der Waals surface area contributed by atoms with Crippen LogP contribution in [0.2, 0.25) is 0 Å². The van der Waals surface area contributed by atoms with Crippen LogP contribution in [-0.2, 0) is 0 Å². The molecule has 0 aromatic heterocycles. The standard InChI is InChI=1S/C11H10FNO/c1-8(7-13)5-11(14)9-3-2-4-10(12)6-9/h2-4,6,8H,5H2,1H3/t8-/m0/s1. The van der Waals surface area contributed by atoms with Gasteiger partial charge in [-0.05, 0) is 19.1 Å².